The van der Waals surface area contributed by atoms with Crippen LogP contribution in [0.2, 0.25) is 0 Å². The molecular formula is C19H22FNO2. The second-order valence-electron chi connectivity index (χ2n) is 7.14. The van der Waals surface area contributed by atoms with Gasteiger partial charge in [-0.3, -0.25) is 9.78 Å². The third kappa shape index (κ3) is 2.94. The standard InChI is InChI=1S/C19H22FNO2/c1-19(2,18(22)23)13-5-3-12(4-6-13)15-9-10-21-17-8-7-14(20)11-16(15)17/h7-13H,3-6H2,1-2H3,(H,22,23). The van der Waals surface area contributed by atoms with Gasteiger partial charge in [-0.1, -0.05) is 0 Å². The van der Waals surface area contributed by atoms with Gasteiger partial charge in [-0.15, -0.1) is 0 Å². The van der Waals surface area contributed by atoms with Crippen molar-refractivity contribution in [1.29, 1.82) is 0 Å². The Morgan fingerprint density at radius 2 is 1.91 bits per heavy atom. The van der Waals surface area contributed by atoms with Crippen molar-refractivity contribution in [2.75, 3.05) is 0 Å². The van der Waals surface area contributed by atoms with Crippen LogP contribution < -0.4 is 0 Å². The van der Waals surface area contributed by atoms with E-state index in [-0.39, 0.29) is 11.7 Å². The molecular weight excluding hydrogens is 293 g/mol. The number of carboxylic acid groups (broad SMARTS) is 1. The predicted molar refractivity (Wildman–Crippen MR) is 87.8 cm³/mol. The van der Waals surface area contributed by atoms with Crippen LogP contribution in [-0.2, 0) is 4.79 Å². The van der Waals surface area contributed by atoms with E-state index in [2.05, 4.69) is 4.98 Å². The fourth-order valence-electron chi connectivity index (χ4n) is 3.80. The molecule has 0 bridgehead atoms. The SMILES string of the molecule is CC(C)(C(=O)O)C1CCC(c2ccnc3ccc(F)cc23)CC1. The van der Waals surface area contributed by atoms with Crippen LogP contribution in [0.5, 0.6) is 0 Å². The summed E-state index contributed by atoms with van der Waals surface area (Å²) in [6, 6.07) is 6.69. The number of pyridine rings is 1. The quantitative estimate of drug-likeness (QED) is 0.888. The normalized spacial score (nSPS) is 22.2. The maximum absolute atomic E-state index is 13.6. The van der Waals surface area contributed by atoms with Crippen LogP contribution in [0.3, 0.4) is 0 Å². The zero-order chi connectivity index (χ0) is 16.6. The number of nitrogens with zero attached hydrogens (tertiary/aromatic N) is 1. The molecule has 3 nitrogen and oxygen atoms in total. The summed E-state index contributed by atoms with van der Waals surface area (Å²) in [6.45, 7) is 3.63. The molecule has 0 radical (unpaired) electrons. The minimum atomic E-state index is -0.725. The van der Waals surface area contributed by atoms with E-state index >= 15 is 0 Å². The summed E-state index contributed by atoms with van der Waals surface area (Å²) < 4.78 is 13.6. The Morgan fingerprint density at radius 1 is 1.22 bits per heavy atom. The van der Waals surface area contributed by atoms with Crippen molar-refractivity contribution in [3.05, 3.63) is 41.8 Å². The number of fused-ring (bicyclic) bond motifs is 1. The first kappa shape index (κ1) is 15.9. The van der Waals surface area contributed by atoms with E-state index < -0.39 is 11.4 Å². The van der Waals surface area contributed by atoms with E-state index in [1.807, 2.05) is 19.9 Å². The Labute approximate surface area is 135 Å². The van der Waals surface area contributed by atoms with Crippen molar-refractivity contribution < 1.29 is 14.3 Å². The summed E-state index contributed by atoms with van der Waals surface area (Å²) in [4.78, 5) is 15.7. The number of benzene rings is 1. The second kappa shape index (κ2) is 5.91. The van der Waals surface area contributed by atoms with Crippen LogP contribution >= 0.6 is 0 Å². The van der Waals surface area contributed by atoms with Gasteiger partial charge >= 0.3 is 5.97 Å². The third-order valence-electron chi connectivity index (χ3n) is 5.48. The topological polar surface area (TPSA) is 50.2 Å². The van der Waals surface area contributed by atoms with Crippen molar-refractivity contribution in [3.63, 3.8) is 0 Å². The fraction of sp³-hybridized carbons (Fsp3) is 0.474. The van der Waals surface area contributed by atoms with E-state index in [1.165, 1.54) is 6.07 Å². The Kier molecular flexibility index (Phi) is 4.09. The average Bonchev–Trinajstić information content (AvgIpc) is 2.54. The van der Waals surface area contributed by atoms with Gasteiger partial charge in [-0.2, -0.15) is 0 Å². The van der Waals surface area contributed by atoms with Gasteiger partial charge in [-0.25, -0.2) is 4.39 Å². The summed E-state index contributed by atoms with van der Waals surface area (Å²) in [6.07, 6.45) is 5.45. The van der Waals surface area contributed by atoms with E-state index in [0.717, 1.165) is 42.1 Å². The number of carboxylic acids is 1. The van der Waals surface area contributed by atoms with Crippen molar-refractivity contribution in [1.82, 2.24) is 4.98 Å². The monoisotopic (exact) mass is 315 g/mol. The molecule has 0 saturated heterocycles. The molecule has 4 heteroatoms. The first-order valence-corrected chi connectivity index (χ1v) is 8.17. The lowest BCUT2D eigenvalue weighted by Crippen LogP contribution is -2.35. The van der Waals surface area contributed by atoms with Crippen LogP contribution in [0.4, 0.5) is 4.39 Å². The summed E-state index contributed by atoms with van der Waals surface area (Å²) in [5.41, 5.74) is 1.27. The van der Waals surface area contributed by atoms with Crippen molar-refractivity contribution >= 4 is 16.9 Å². The number of carbonyl (C=O) groups is 1. The van der Waals surface area contributed by atoms with Crippen LogP contribution in [0, 0.1) is 17.2 Å². The summed E-state index contributed by atoms with van der Waals surface area (Å²) in [5.74, 6) is -0.422. The third-order valence-corrected chi connectivity index (χ3v) is 5.48. The van der Waals surface area contributed by atoms with Crippen molar-refractivity contribution in [2.24, 2.45) is 11.3 Å². The number of aliphatic carboxylic acids is 1. The Morgan fingerprint density at radius 3 is 2.57 bits per heavy atom. The molecule has 0 spiro atoms. The highest BCUT2D eigenvalue weighted by Gasteiger charge is 2.39. The van der Waals surface area contributed by atoms with Gasteiger partial charge in [0.25, 0.3) is 0 Å². The fourth-order valence-corrected chi connectivity index (χ4v) is 3.80. The smallest absolute Gasteiger partial charge is 0.309 e. The molecule has 1 aliphatic carbocycles. The summed E-state index contributed by atoms with van der Waals surface area (Å²) >= 11 is 0. The number of rotatable bonds is 3. The molecule has 1 fully saturated rings. The molecule has 2 aromatic rings. The molecule has 1 N–H and O–H groups in total. The van der Waals surface area contributed by atoms with E-state index in [0.29, 0.717) is 5.92 Å². The molecule has 0 unspecified atom stereocenters. The Hall–Kier alpha value is -1.97. The minimum Gasteiger partial charge on any atom is -0.481 e. The van der Waals surface area contributed by atoms with Gasteiger partial charge in [0.1, 0.15) is 5.82 Å². The van der Waals surface area contributed by atoms with Crippen LogP contribution in [0.15, 0.2) is 30.5 Å². The molecule has 1 aliphatic rings. The molecule has 0 amide bonds. The maximum Gasteiger partial charge on any atom is 0.309 e. The van der Waals surface area contributed by atoms with Crippen molar-refractivity contribution in [3.8, 4) is 0 Å². The van der Waals surface area contributed by atoms with Gasteiger partial charge in [0.15, 0.2) is 0 Å². The maximum atomic E-state index is 13.6. The number of aromatic nitrogens is 1. The Balaban J connectivity index is 1.83. The molecule has 0 atom stereocenters. The van der Waals surface area contributed by atoms with Gasteiger partial charge in [0, 0.05) is 11.6 Å². The minimum absolute atomic E-state index is 0.195. The predicted octanol–water partition coefficient (Wildman–Crippen LogP) is 4.76. The van der Waals surface area contributed by atoms with Crippen molar-refractivity contribution in [2.45, 2.75) is 45.4 Å². The summed E-state index contributed by atoms with van der Waals surface area (Å²) in [5, 5.41) is 10.3. The lowest BCUT2D eigenvalue weighted by molar-refractivity contribution is -0.150. The number of hydrogen-bond acceptors (Lipinski definition) is 2. The first-order chi connectivity index (χ1) is 10.9. The van der Waals surface area contributed by atoms with E-state index in [9.17, 15) is 14.3 Å². The molecule has 23 heavy (non-hydrogen) atoms. The molecule has 1 aromatic heterocycles. The van der Waals surface area contributed by atoms with Crippen LogP contribution in [0.25, 0.3) is 10.9 Å². The van der Waals surface area contributed by atoms with Gasteiger partial charge in [-0.05, 0) is 81.2 Å². The molecule has 1 aromatic carbocycles. The van der Waals surface area contributed by atoms with Crippen LogP contribution in [0.1, 0.15) is 51.0 Å². The molecule has 122 valence electrons. The zero-order valence-corrected chi connectivity index (χ0v) is 13.6. The lowest BCUT2D eigenvalue weighted by Gasteiger charge is -2.36. The highest BCUT2D eigenvalue weighted by Crippen LogP contribution is 2.44. The highest BCUT2D eigenvalue weighted by atomic mass is 19.1. The molecule has 1 saturated carbocycles. The summed E-state index contributed by atoms with van der Waals surface area (Å²) in [7, 11) is 0. The molecule has 1 heterocycles. The average molecular weight is 315 g/mol. The van der Waals surface area contributed by atoms with E-state index in [1.54, 1.807) is 18.3 Å². The number of halogens is 1. The molecule has 3 rings (SSSR count). The number of hydrogen-bond donors (Lipinski definition) is 1. The van der Waals surface area contributed by atoms with Gasteiger partial charge < -0.3 is 5.11 Å². The van der Waals surface area contributed by atoms with Crippen LogP contribution in [-0.4, -0.2) is 16.1 Å². The highest BCUT2D eigenvalue weighted by molar-refractivity contribution is 5.82. The second-order valence-corrected chi connectivity index (χ2v) is 7.14. The van der Waals surface area contributed by atoms with Gasteiger partial charge in [0.05, 0.1) is 10.9 Å². The largest absolute Gasteiger partial charge is 0.481 e. The first-order valence-electron chi connectivity index (χ1n) is 8.17. The van der Waals surface area contributed by atoms with Gasteiger partial charge in [0.2, 0.25) is 0 Å². The lowest BCUT2D eigenvalue weighted by atomic mass is 9.67. The molecule has 0 aliphatic heterocycles. The van der Waals surface area contributed by atoms with E-state index in [4.69, 9.17) is 0 Å². The zero-order valence-electron chi connectivity index (χ0n) is 13.6. The Bertz CT molecular complexity index is 733.